The molecule has 1 aromatic heterocycles. The third kappa shape index (κ3) is 6.55. The van der Waals surface area contributed by atoms with E-state index in [1.54, 1.807) is 55.8 Å². The molecular formula is C24H21F3N2O4. The van der Waals surface area contributed by atoms with Gasteiger partial charge in [-0.3, -0.25) is 9.78 Å². The number of pyridine rings is 1. The number of carbonyl (C=O) groups excluding carboxylic acids is 1. The van der Waals surface area contributed by atoms with E-state index in [1.165, 1.54) is 4.90 Å². The molecule has 33 heavy (non-hydrogen) atoms. The van der Waals surface area contributed by atoms with Gasteiger partial charge in [-0.15, -0.1) is 0 Å². The topological polar surface area (TPSA) is 79.7 Å². The molecule has 3 aromatic rings. The molecule has 0 fully saturated rings. The molecule has 0 aliphatic rings. The number of nitrogens with zero attached hydrogens (tertiary/aromatic N) is 2. The standard InChI is InChI=1S/C24H21F3N2O4/c1-29(22(30)11-16-5-3-9-28-13-16)14-17-4-2-6-18(10-17)20-12-19(24(25,26)27)7-8-21(20)33-15-23(31)32/h2-10,12-13H,11,14-15H2,1H3,(H,31,32). The fourth-order valence-electron chi connectivity index (χ4n) is 3.21. The van der Waals surface area contributed by atoms with Crippen molar-refractivity contribution in [3.63, 3.8) is 0 Å². The van der Waals surface area contributed by atoms with E-state index in [0.717, 1.165) is 23.8 Å². The number of hydrogen-bond donors (Lipinski definition) is 1. The minimum atomic E-state index is -4.57. The molecule has 0 saturated heterocycles. The first-order valence-corrected chi connectivity index (χ1v) is 9.91. The molecule has 9 heteroatoms. The van der Waals surface area contributed by atoms with Crippen LogP contribution in [0.3, 0.4) is 0 Å². The Morgan fingerprint density at radius 2 is 1.82 bits per heavy atom. The smallest absolute Gasteiger partial charge is 0.416 e. The summed E-state index contributed by atoms with van der Waals surface area (Å²) in [5.41, 5.74) is 1.10. The zero-order valence-electron chi connectivity index (χ0n) is 17.7. The van der Waals surface area contributed by atoms with Crippen molar-refractivity contribution in [2.75, 3.05) is 13.7 Å². The molecule has 0 bridgehead atoms. The van der Waals surface area contributed by atoms with Gasteiger partial charge in [0.15, 0.2) is 6.61 Å². The van der Waals surface area contributed by atoms with Gasteiger partial charge in [-0.05, 0) is 47.0 Å². The Balaban J connectivity index is 1.85. The predicted molar refractivity (Wildman–Crippen MR) is 114 cm³/mol. The van der Waals surface area contributed by atoms with Crippen molar-refractivity contribution in [3.8, 4) is 16.9 Å². The van der Waals surface area contributed by atoms with Crippen molar-refractivity contribution in [2.24, 2.45) is 0 Å². The molecule has 0 saturated carbocycles. The van der Waals surface area contributed by atoms with Gasteiger partial charge in [-0.25, -0.2) is 4.79 Å². The van der Waals surface area contributed by atoms with Gasteiger partial charge in [-0.2, -0.15) is 13.2 Å². The number of amides is 1. The first kappa shape index (κ1) is 23.8. The molecule has 0 spiro atoms. The molecule has 0 atom stereocenters. The zero-order valence-corrected chi connectivity index (χ0v) is 17.7. The third-order valence-electron chi connectivity index (χ3n) is 4.82. The van der Waals surface area contributed by atoms with Crippen LogP contribution in [0.2, 0.25) is 0 Å². The van der Waals surface area contributed by atoms with Crippen molar-refractivity contribution in [2.45, 2.75) is 19.1 Å². The van der Waals surface area contributed by atoms with E-state index in [0.29, 0.717) is 11.1 Å². The van der Waals surface area contributed by atoms with E-state index in [1.807, 2.05) is 0 Å². The van der Waals surface area contributed by atoms with E-state index >= 15 is 0 Å². The van der Waals surface area contributed by atoms with Crippen LogP contribution in [0.4, 0.5) is 13.2 Å². The number of rotatable bonds is 8. The summed E-state index contributed by atoms with van der Waals surface area (Å²) in [5, 5.41) is 8.87. The van der Waals surface area contributed by atoms with Gasteiger partial charge in [0, 0.05) is 31.5 Å². The van der Waals surface area contributed by atoms with Crippen LogP contribution >= 0.6 is 0 Å². The number of aromatic nitrogens is 1. The van der Waals surface area contributed by atoms with Gasteiger partial charge >= 0.3 is 12.1 Å². The van der Waals surface area contributed by atoms with Crippen molar-refractivity contribution < 1.29 is 32.6 Å². The van der Waals surface area contributed by atoms with Gasteiger partial charge in [-0.1, -0.05) is 24.3 Å². The summed E-state index contributed by atoms with van der Waals surface area (Å²) < 4.78 is 45.0. The molecule has 3 rings (SSSR count). The molecule has 0 radical (unpaired) electrons. The van der Waals surface area contributed by atoms with Crippen LogP contribution in [0.15, 0.2) is 67.0 Å². The highest BCUT2D eigenvalue weighted by molar-refractivity contribution is 5.78. The number of halogens is 3. The van der Waals surface area contributed by atoms with Gasteiger partial charge in [0.2, 0.25) is 5.91 Å². The first-order valence-electron chi connectivity index (χ1n) is 9.91. The van der Waals surface area contributed by atoms with E-state index in [2.05, 4.69) is 4.98 Å². The Morgan fingerprint density at radius 1 is 1.06 bits per heavy atom. The minimum absolute atomic E-state index is 0.0172. The average molecular weight is 458 g/mol. The van der Waals surface area contributed by atoms with Crippen LogP contribution < -0.4 is 4.74 Å². The highest BCUT2D eigenvalue weighted by Gasteiger charge is 2.31. The molecule has 172 valence electrons. The van der Waals surface area contributed by atoms with Gasteiger partial charge in [0.05, 0.1) is 12.0 Å². The second kappa shape index (κ2) is 10.2. The van der Waals surface area contributed by atoms with E-state index in [-0.39, 0.29) is 30.2 Å². The summed E-state index contributed by atoms with van der Waals surface area (Å²) in [6.45, 7) is -0.457. The SMILES string of the molecule is CN(Cc1cccc(-c2cc(C(F)(F)F)ccc2OCC(=O)O)c1)C(=O)Cc1cccnc1. The lowest BCUT2D eigenvalue weighted by Gasteiger charge is -2.19. The Hall–Kier alpha value is -3.88. The summed E-state index contributed by atoms with van der Waals surface area (Å²) in [5.74, 6) is -1.37. The third-order valence-corrected chi connectivity index (χ3v) is 4.82. The molecule has 6 nitrogen and oxygen atoms in total. The molecule has 2 aromatic carbocycles. The largest absolute Gasteiger partial charge is 0.481 e. The zero-order chi connectivity index (χ0) is 24.0. The summed E-state index contributed by atoms with van der Waals surface area (Å²) >= 11 is 0. The van der Waals surface area contributed by atoms with Gasteiger partial charge < -0.3 is 14.7 Å². The van der Waals surface area contributed by atoms with E-state index < -0.39 is 24.3 Å². The maximum Gasteiger partial charge on any atom is 0.416 e. The molecular weight excluding hydrogens is 437 g/mol. The van der Waals surface area contributed by atoms with E-state index in [9.17, 15) is 22.8 Å². The lowest BCUT2D eigenvalue weighted by atomic mass is 9.99. The number of carbonyl (C=O) groups is 2. The molecule has 0 aliphatic carbocycles. The number of benzene rings is 2. The number of alkyl halides is 3. The Bertz CT molecular complexity index is 1130. The first-order chi connectivity index (χ1) is 15.6. The van der Waals surface area contributed by atoms with Crippen LogP contribution in [0.25, 0.3) is 11.1 Å². The lowest BCUT2D eigenvalue weighted by molar-refractivity contribution is -0.140. The average Bonchev–Trinajstić information content (AvgIpc) is 2.77. The number of aliphatic carboxylic acids is 1. The predicted octanol–water partition coefficient (Wildman–Crippen LogP) is 4.43. The molecule has 0 aliphatic heterocycles. The quantitative estimate of drug-likeness (QED) is 0.540. The van der Waals surface area contributed by atoms with Crippen molar-refractivity contribution in [1.29, 1.82) is 0 Å². The molecule has 1 amide bonds. The molecule has 1 N–H and O–H groups in total. The Morgan fingerprint density at radius 3 is 2.48 bits per heavy atom. The fraction of sp³-hybridized carbons (Fsp3) is 0.208. The van der Waals surface area contributed by atoms with Crippen LogP contribution in [-0.2, 0) is 28.7 Å². The molecule has 0 unspecified atom stereocenters. The maximum atomic E-state index is 13.3. The summed E-state index contributed by atoms with van der Waals surface area (Å²) in [6, 6.07) is 13.1. The van der Waals surface area contributed by atoms with Gasteiger partial charge in [0.1, 0.15) is 5.75 Å². The lowest BCUT2D eigenvalue weighted by Crippen LogP contribution is -2.27. The van der Waals surface area contributed by atoms with Gasteiger partial charge in [0.25, 0.3) is 0 Å². The monoisotopic (exact) mass is 458 g/mol. The summed E-state index contributed by atoms with van der Waals surface area (Å²) in [4.78, 5) is 28.9. The second-order valence-electron chi connectivity index (χ2n) is 7.38. The van der Waals surface area contributed by atoms with Crippen LogP contribution in [0.5, 0.6) is 5.75 Å². The maximum absolute atomic E-state index is 13.3. The molecule has 1 heterocycles. The highest BCUT2D eigenvalue weighted by Crippen LogP contribution is 2.37. The van der Waals surface area contributed by atoms with E-state index in [4.69, 9.17) is 9.84 Å². The minimum Gasteiger partial charge on any atom is -0.481 e. The van der Waals surface area contributed by atoms with Crippen LogP contribution in [0.1, 0.15) is 16.7 Å². The van der Waals surface area contributed by atoms with Crippen LogP contribution in [0, 0.1) is 0 Å². The number of carboxylic acids is 1. The second-order valence-corrected chi connectivity index (χ2v) is 7.38. The Labute approximate surface area is 188 Å². The van der Waals surface area contributed by atoms with Crippen molar-refractivity contribution >= 4 is 11.9 Å². The van der Waals surface area contributed by atoms with Crippen LogP contribution in [-0.4, -0.2) is 40.5 Å². The number of likely N-dealkylation sites (N-methyl/N-ethyl adjacent to an activating group) is 1. The normalized spacial score (nSPS) is 11.2. The number of ether oxygens (including phenoxy) is 1. The van der Waals surface area contributed by atoms with Crippen molar-refractivity contribution in [3.05, 3.63) is 83.7 Å². The fourth-order valence-corrected chi connectivity index (χ4v) is 3.21. The summed E-state index contributed by atoms with van der Waals surface area (Å²) in [7, 11) is 1.64. The Kier molecular flexibility index (Phi) is 7.32. The van der Waals surface area contributed by atoms with Crippen molar-refractivity contribution in [1.82, 2.24) is 9.88 Å². The summed E-state index contributed by atoms with van der Waals surface area (Å²) in [6.07, 6.45) is -1.18. The number of hydrogen-bond acceptors (Lipinski definition) is 4. The highest BCUT2D eigenvalue weighted by atomic mass is 19.4. The number of carboxylic acid groups (broad SMARTS) is 1.